The lowest BCUT2D eigenvalue weighted by Crippen LogP contribution is -2.49. The van der Waals surface area contributed by atoms with E-state index >= 15 is 0 Å². The molecule has 2 aromatic carbocycles. The minimum atomic E-state index is -0.414. The number of nitrogens with zero attached hydrogens (tertiary/aromatic N) is 6. The van der Waals surface area contributed by atoms with Crippen molar-refractivity contribution in [3.8, 4) is 0 Å². The van der Waals surface area contributed by atoms with Crippen LogP contribution in [0.5, 0.6) is 0 Å². The number of benzene rings is 2. The van der Waals surface area contributed by atoms with Crippen LogP contribution in [0.4, 0.5) is 27.5 Å². The third kappa shape index (κ3) is 10.8. The Morgan fingerprint density at radius 2 is 1.46 bits per heavy atom. The van der Waals surface area contributed by atoms with Gasteiger partial charge in [-0.25, -0.2) is 14.6 Å². The Labute approximate surface area is 273 Å². The highest BCUT2D eigenvalue weighted by Gasteiger charge is 2.41. The molecule has 0 heterocycles. The van der Waals surface area contributed by atoms with Crippen LogP contribution in [0.2, 0.25) is 0 Å². The molecule has 12 heteroatoms. The highest BCUT2D eigenvalue weighted by Crippen LogP contribution is 2.45. The van der Waals surface area contributed by atoms with Gasteiger partial charge in [-0.15, -0.1) is 0 Å². The number of aryl methyl sites for hydroxylation is 2. The molecule has 250 valence electrons. The number of carbonyl (C=O) groups excluding carboxylic acids is 1. The summed E-state index contributed by atoms with van der Waals surface area (Å²) in [6.07, 6.45) is 2.45. The van der Waals surface area contributed by atoms with Gasteiger partial charge >= 0.3 is 17.5 Å². The first kappa shape index (κ1) is 36.5. The zero-order chi connectivity index (χ0) is 33.7. The molecule has 0 aromatic heterocycles. The maximum Gasteiger partial charge on any atom is 0.407 e. The lowest BCUT2D eigenvalue weighted by Gasteiger charge is -2.47. The number of likely N-dealkylation sites (N-methyl/N-ethyl adjacent to an activating group) is 2. The molecule has 0 saturated heterocycles. The molecule has 3 rings (SSSR count). The SMILES string of the molecule is CCN(CCOOCNC1CC(C)(C)CC(C)(CNC(=O)OCCN(CC)c2ccc([N+]#N)c(C)c2)C1)c1ccc([N+]#N)c(C)c1. The smallest absolute Gasteiger partial charge is 0.407 e. The number of amides is 1. The van der Waals surface area contributed by atoms with Crippen LogP contribution in [0.3, 0.4) is 0 Å². The van der Waals surface area contributed by atoms with Crippen molar-refractivity contribution in [3.63, 3.8) is 0 Å². The maximum atomic E-state index is 12.6. The van der Waals surface area contributed by atoms with Crippen LogP contribution < -0.4 is 20.4 Å². The van der Waals surface area contributed by atoms with Crippen molar-refractivity contribution in [3.05, 3.63) is 57.5 Å². The van der Waals surface area contributed by atoms with Crippen molar-refractivity contribution in [2.45, 2.75) is 73.8 Å². The van der Waals surface area contributed by atoms with Crippen LogP contribution in [0.15, 0.2) is 36.4 Å². The van der Waals surface area contributed by atoms with Gasteiger partial charge in [-0.1, -0.05) is 20.8 Å². The second-order valence-corrected chi connectivity index (χ2v) is 13.3. The number of alkyl carbamates (subject to hydrolysis) is 1. The van der Waals surface area contributed by atoms with Crippen LogP contribution in [-0.2, 0) is 14.5 Å². The zero-order valence-electron chi connectivity index (χ0n) is 28.6. The summed E-state index contributed by atoms with van der Waals surface area (Å²) >= 11 is 0. The Kier molecular flexibility index (Phi) is 13.6. The van der Waals surface area contributed by atoms with E-state index in [1.54, 1.807) is 12.1 Å². The molecule has 12 nitrogen and oxygen atoms in total. The Bertz CT molecular complexity index is 1390. The quantitative estimate of drug-likeness (QED) is 0.0635. The summed E-state index contributed by atoms with van der Waals surface area (Å²) in [7, 11) is 0. The molecule has 2 unspecified atom stereocenters. The van der Waals surface area contributed by atoms with E-state index in [-0.39, 0.29) is 30.2 Å². The predicted octanol–water partition coefficient (Wildman–Crippen LogP) is 7.43. The number of hydrogen-bond donors (Lipinski definition) is 2. The first-order valence-electron chi connectivity index (χ1n) is 16.2. The standard InChI is InChI=1S/C34H51N8O4/c1-8-41(28-10-12-30(39-35)25(3)18-28)14-16-44-32(43)37-23-34(7)21-27(20-33(5,6)22-34)38-24-46-45-17-15-42(9-2)29-11-13-31(40-36)26(4)19-29/h10-13,18-19,27,38H,8-9,14-17,20-24H2,1-7H3/q+1/p+1. The van der Waals surface area contributed by atoms with Gasteiger partial charge in [0.05, 0.1) is 13.2 Å². The van der Waals surface area contributed by atoms with Gasteiger partial charge in [0.1, 0.15) is 13.3 Å². The Balaban J connectivity index is 1.39. The molecular weight excluding hydrogens is 584 g/mol. The monoisotopic (exact) mass is 636 g/mol. The fourth-order valence-electron chi connectivity index (χ4n) is 6.73. The van der Waals surface area contributed by atoms with Gasteiger partial charge in [0.2, 0.25) is 10.8 Å². The molecule has 1 aliphatic carbocycles. The zero-order valence-corrected chi connectivity index (χ0v) is 28.6. The topological polar surface area (TPSA) is 132 Å². The third-order valence-electron chi connectivity index (χ3n) is 8.73. The molecule has 1 amide bonds. The molecule has 0 spiro atoms. The van der Waals surface area contributed by atoms with Crippen LogP contribution >= 0.6 is 0 Å². The fraction of sp³-hybridized carbons (Fsp3) is 0.618. The van der Waals surface area contributed by atoms with Crippen molar-refractivity contribution in [1.29, 1.82) is 10.8 Å². The van der Waals surface area contributed by atoms with Crippen molar-refractivity contribution < 1.29 is 19.3 Å². The van der Waals surface area contributed by atoms with E-state index in [1.807, 2.05) is 45.0 Å². The summed E-state index contributed by atoms with van der Waals surface area (Å²) in [5.41, 5.74) is 4.89. The van der Waals surface area contributed by atoms with Crippen molar-refractivity contribution in [2.75, 3.05) is 62.5 Å². The van der Waals surface area contributed by atoms with Gasteiger partial charge in [0.25, 0.3) is 0 Å². The van der Waals surface area contributed by atoms with E-state index in [9.17, 15) is 4.79 Å². The molecular formula is C34H52N8O4+2. The summed E-state index contributed by atoms with van der Waals surface area (Å²) in [6.45, 7) is 18.9. The van der Waals surface area contributed by atoms with E-state index in [1.165, 1.54) is 0 Å². The molecule has 1 saturated carbocycles. The number of diazo groups is 2. The van der Waals surface area contributed by atoms with Crippen LogP contribution in [0.25, 0.3) is 9.95 Å². The van der Waals surface area contributed by atoms with Gasteiger partial charge in [-0.2, -0.15) is 0 Å². The summed E-state index contributed by atoms with van der Waals surface area (Å²) in [5, 5.41) is 24.6. The van der Waals surface area contributed by atoms with E-state index in [4.69, 9.17) is 25.3 Å². The predicted molar refractivity (Wildman–Crippen MR) is 182 cm³/mol. The second-order valence-electron chi connectivity index (χ2n) is 13.3. The van der Waals surface area contributed by atoms with E-state index in [0.717, 1.165) is 54.9 Å². The molecule has 1 aliphatic rings. The number of hydrogen-bond acceptors (Lipinski definition) is 9. The number of carbonyl (C=O) groups is 1. The van der Waals surface area contributed by atoms with Crippen molar-refractivity contribution in [1.82, 2.24) is 10.6 Å². The molecule has 46 heavy (non-hydrogen) atoms. The number of nitrogens with one attached hydrogen (secondary N) is 2. The first-order chi connectivity index (χ1) is 21.9. The average molecular weight is 637 g/mol. The van der Waals surface area contributed by atoms with E-state index in [0.29, 0.717) is 37.6 Å². The normalized spacial score (nSPS) is 18.7. The molecule has 1 fully saturated rings. The molecule has 2 aromatic rings. The molecule has 0 aliphatic heterocycles. The van der Waals surface area contributed by atoms with Gasteiger partial charge in [-0.05, 0) is 82.1 Å². The number of rotatable bonds is 16. The molecule has 0 radical (unpaired) electrons. The number of ether oxygens (including phenoxy) is 1. The fourth-order valence-corrected chi connectivity index (χ4v) is 6.73. The van der Waals surface area contributed by atoms with Crippen molar-refractivity contribution >= 4 is 28.8 Å². The van der Waals surface area contributed by atoms with Crippen LogP contribution in [0.1, 0.15) is 65.0 Å². The van der Waals surface area contributed by atoms with Gasteiger partial charge < -0.3 is 19.9 Å². The summed E-state index contributed by atoms with van der Waals surface area (Å²) in [5.74, 6) is 0. The largest absolute Gasteiger partial charge is 0.448 e. The summed E-state index contributed by atoms with van der Waals surface area (Å²) < 4.78 is 5.54. The Morgan fingerprint density at radius 1 is 0.891 bits per heavy atom. The minimum Gasteiger partial charge on any atom is -0.448 e. The lowest BCUT2D eigenvalue weighted by molar-refractivity contribution is -0.298. The molecule has 2 atom stereocenters. The van der Waals surface area contributed by atoms with Crippen LogP contribution in [-0.4, -0.2) is 64.8 Å². The van der Waals surface area contributed by atoms with E-state index < -0.39 is 6.09 Å². The van der Waals surface area contributed by atoms with Gasteiger partial charge in [-0.3, -0.25) is 5.32 Å². The minimum absolute atomic E-state index is 0.0916. The molecule has 0 bridgehead atoms. The first-order valence-corrected chi connectivity index (χ1v) is 16.2. The highest BCUT2D eigenvalue weighted by molar-refractivity contribution is 5.67. The molecule has 2 N–H and O–H groups in total. The second kappa shape index (κ2) is 17.1. The number of anilines is 2. The van der Waals surface area contributed by atoms with Gasteiger partial charge in [0, 0.05) is 66.9 Å². The van der Waals surface area contributed by atoms with Crippen LogP contribution in [0, 0.1) is 35.5 Å². The summed E-state index contributed by atoms with van der Waals surface area (Å²) in [4.78, 5) is 34.5. The van der Waals surface area contributed by atoms with Gasteiger partial charge in [0.15, 0.2) is 9.95 Å². The average Bonchev–Trinajstić information content (AvgIpc) is 3.01. The Morgan fingerprint density at radius 3 is 1.98 bits per heavy atom. The maximum absolute atomic E-state index is 12.6. The highest BCUT2D eigenvalue weighted by atomic mass is 17.2. The lowest BCUT2D eigenvalue weighted by atomic mass is 9.62. The van der Waals surface area contributed by atoms with Crippen molar-refractivity contribution in [2.24, 2.45) is 10.8 Å². The van der Waals surface area contributed by atoms with E-state index in [2.05, 4.69) is 58.1 Å². The third-order valence-corrected chi connectivity index (χ3v) is 8.73. The Hall–Kier alpha value is -3.97. The summed E-state index contributed by atoms with van der Waals surface area (Å²) in [6, 6.07) is 11.6.